The molecule has 1 amide bonds. The number of rotatable bonds is 6. The third kappa shape index (κ3) is 4.11. The maximum absolute atomic E-state index is 11.9. The summed E-state index contributed by atoms with van der Waals surface area (Å²) in [5.74, 6) is -0.178. The van der Waals surface area contributed by atoms with Gasteiger partial charge in [-0.05, 0) is 17.0 Å². The molecule has 0 aliphatic heterocycles. The Bertz CT molecular complexity index is 426. The highest BCUT2D eigenvalue weighted by Crippen LogP contribution is 2.12. The van der Waals surface area contributed by atoms with Crippen LogP contribution >= 0.6 is 0 Å². The summed E-state index contributed by atoms with van der Waals surface area (Å²) in [7, 11) is 0. The molecule has 1 aromatic carbocycles. The Labute approximate surface area is 107 Å². The van der Waals surface area contributed by atoms with Crippen LogP contribution in [0.3, 0.4) is 0 Å². The molecule has 5 heteroatoms. The molecule has 5 nitrogen and oxygen atoms in total. The van der Waals surface area contributed by atoms with Crippen LogP contribution in [0.25, 0.3) is 10.4 Å². The number of carbonyl (C=O) groups is 1. The topological polar surface area (TPSA) is 77.9 Å². The van der Waals surface area contributed by atoms with Crippen molar-refractivity contribution in [3.8, 4) is 0 Å². The Hall–Kier alpha value is -2.00. The predicted octanol–water partition coefficient (Wildman–Crippen LogP) is 3.03. The van der Waals surface area contributed by atoms with E-state index in [1.807, 2.05) is 44.2 Å². The Kier molecular flexibility index (Phi) is 5.74. The summed E-state index contributed by atoms with van der Waals surface area (Å²) in [5, 5.41) is 6.37. The molecule has 0 fully saturated rings. The minimum atomic E-state index is -0.635. The summed E-state index contributed by atoms with van der Waals surface area (Å²) >= 11 is 0. The molecule has 0 heterocycles. The summed E-state index contributed by atoms with van der Waals surface area (Å²) in [4.78, 5) is 14.7. The summed E-state index contributed by atoms with van der Waals surface area (Å²) in [6.45, 7) is 4.32. The van der Waals surface area contributed by atoms with Crippen LogP contribution in [-0.2, 0) is 11.3 Å². The first-order valence-corrected chi connectivity index (χ1v) is 6.04. The van der Waals surface area contributed by atoms with Gasteiger partial charge in [0.25, 0.3) is 0 Å². The molecule has 0 aliphatic rings. The lowest BCUT2D eigenvalue weighted by Crippen LogP contribution is -2.36. The van der Waals surface area contributed by atoms with Crippen molar-refractivity contribution in [2.45, 2.75) is 32.9 Å². The number of azide groups is 1. The fraction of sp³-hybridized carbons (Fsp3) is 0.462. The van der Waals surface area contributed by atoms with E-state index < -0.39 is 6.04 Å². The number of nitrogens with one attached hydrogen (secondary N) is 1. The molecule has 18 heavy (non-hydrogen) atoms. The molecule has 0 saturated carbocycles. The molecular weight excluding hydrogens is 228 g/mol. The number of hydrogen-bond acceptors (Lipinski definition) is 2. The van der Waals surface area contributed by atoms with E-state index in [1.165, 1.54) is 0 Å². The van der Waals surface area contributed by atoms with Gasteiger partial charge >= 0.3 is 0 Å². The molecule has 0 spiro atoms. The molecule has 0 radical (unpaired) electrons. The lowest BCUT2D eigenvalue weighted by molar-refractivity contribution is -0.123. The van der Waals surface area contributed by atoms with E-state index >= 15 is 0 Å². The third-order valence-corrected chi connectivity index (χ3v) is 2.94. The van der Waals surface area contributed by atoms with Gasteiger partial charge in [0.2, 0.25) is 5.91 Å². The standard InChI is InChI=1S/C13H18N4O/c1-3-10(2)12(16-17-14)13(18)15-9-11-7-5-4-6-8-11/h4-8,10,12H,3,9H2,1-2H3,(H,15,18)/t10-,12+/m1/s1. The molecule has 1 N–H and O–H groups in total. The molecule has 0 saturated heterocycles. The van der Waals surface area contributed by atoms with E-state index in [4.69, 9.17) is 5.53 Å². The summed E-state index contributed by atoms with van der Waals surface area (Å²) < 4.78 is 0. The number of carbonyl (C=O) groups excluding carboxylic acids is 1. The zero-order valence-corrected chi connectivity index (χ0v) is 10.7. The second-order valence-electron chi connectivity index (χ2n) is 4.24. The second-order valence-corrected chi connectivity index (χ2v) is 4.24. The average Bonchev–Trinajstić information content (AvgIpc) is 2.42. The summed E-state index contributed by atoms with van der Waals surface area (Å²) in [6.07, 6.45) is 0.794. The largest absolute Gasteiger partial charge is 0.352 e. The predicted molar refractivity (Wildman–Crippen MR) is 70.7 cm³/mol. The molecule has 0 aromatic heterocycles. The van der Waals surface area contributed by atoms with Gasteiger partial charge in [-0.1, -0.05) is 55.7 Å². The van der Waals surface area contributed by atoms with Gasteiger partial charge in [0.15, 0.2) is 0 Å². The van der Waals surface area contributed by atoms with Crippen molar-refractivity contribution < 1.29 is 4.79 Å². The van der Waals surface area contributed by atoms with Crippen LogP contribution < -0.4 is 5.32 Å². The highest BCUT2D eigenvalue weighted by Gasteiger charge is 2.22. The fourth-order valence-corrected chi connectivity index (χ4v) is 1.59. The van der Waals surface area contributed by atoms with E-state index in [0.29, 0.717) is 6.54 Å². The molecule has 0 unspecified atom stereocenters. The van der Waals surface area contributed by atoms with Crippen LogP contribution in [0.1, 0.15) is 25.8 Å². The number of amides is 1. The third-order valence-electron chi connectivity index (χ3n) is 2.94. The van der Waals surface area contributed by atoms with Crippen LogP contribution in [0.4, 0.5) is 0 Å². The first kappa shape index (κ1) is 14.1. The van der Waals surface area contributed by atoms with Gasteiger partial charge in [-0.25, -0.2) is 0 Å². The summed E-state index contributed by atoms with van der Waals surface area (Å²) in [5.41, 5.74) is 9.52. The van der Waals surface area contributed by atoms with Gasteiger partial charge in [0.05, 0.1) is 0 Å². The van der Waals surface area contributed by atoms with Crippen molar-refractivity contribution in [3.05, 3.63) is 46.3 Å². The highest BCUT2D eigenvalue weighted by atomic mass is 16.2. The zero-order valence-electron chi connectivity index (χ0n) is 10.7. The van der Waals surface area contributed by atoms with Crippen molar-refractivity contribution in [2.75, 3.05) is 0 Å². The number of nitrogens with zero attached hydrogens (tertiary/aromatic N) is 3. The molecule has 2 atom stereocenters. The van der Waals surface area contributed by atoms with Gasteiger partial charge in [-0.2, -0.15) is 0 Å². The zero-order chi connectivity index (χ0) is 13.4. The van der Waals surface area contributed by atoms with Crippen LogP contribution in [0.2, 0.25) is 0 Å². The normalized spacial score (nSPS) is 13.2. The van der Waals surface area contributed by atoms with Gasteiger partial charge < -0.3 is 5.32 Å². The maximum Gasteiger partial charge on any atom is 0.229 e. The number of hydrogen-bond donors (Lipinski definition) is 1. The van der Waals surface area contributed by atoms with E-state index in [9.17, 15) is 4.79 Å². The smallest absolute Gasteiger partial charge is 0.229 e. The molecule has 1 rings (SSSR count). The fourth-order valence-electron chi connectivity index (χ4n) is 1.59. The first-order chi connectivity index (χ1) is 8.69. The number of benzene rings is 1. The Morgan fingerprint density at radius 3 is 2.67 bits per heavy atom. The lowest BCUT2D eigenvalue weighted by atomic mass is 9.99. The molecule has 0 aliphatic carbocycles. The van der Waals surface area contributed by atoms with Crippen molar-refractivity contribution in [3.63, 3.8) is 0 Å². The van der Waals surface area contributed by atoms with Gasteiger partial charge in [0, 0.05) is 11.5 Å². The van der Waals surface area contributed by atoms with Gasteiger partial charge in [-0.15, -0.1) is 0 Å². The first-order valence-electron chi connectivity index (χ1n) is 6.04. The summed E-state index contributed by atoms with van der Waals surface area (Å²) in [6, 6.07) is 9.00. The van der Waals surface area contributed by atoms with E-state index in [0.717, 1.165) is 12.0 Å². The minimum absolute atomic E-state index is 0.0386. The van der Waals surface area contributed by atoms with Crippen molar-refractivity contribution in [2.24, 2.45) is 11.0 Å². The van der Waals surface area contributed by atoms with E-state index in [2.05, 4.69) is 15.3 Å². The molecular formula is C13H18N4O. The molecule has 1 aromatic rings. The van der Waals surface area contributed by atoms with Crippen LogP contribution in [0, 0.1) is 5.92 Å². The average molecular weight is 246 g/mol. The highest BCUT2D eigenvalue weighted by molar-refractivity contribution is 5.82. The minimum Gasteiger partial charge on any atom is -0.352 e. The van der Waals surface area contributed by atoms with Crippen molar-refractivity contribution >= 4 is 5.91 Å². The van der Waals surface area contributed by atoms with E-state index in [1.54, 1.807) is 0 Å². The van der Waals surface area contributed by atoms with Gasteiger partial charge in [0.1, 0.15) is 6.04 Å². The Morgan fingerprint density at radius 1 is 1.44 bits per heavy atom. The Balaban J connectivity index is 2.60. The van der Waals surface area contributed by atoms with Crippen LogP contribution in [0.5, 0.6) is 0 Å². The maximum atomic E-state index is 11.9. The second kappa shape index (κ2) is 7.35. The van der Waals surface area contributed by atoms with E-state index in [-0.39, 0.29) is 11.8 Å². The van der Waals surface area contributed by atoms with Crippen LogP contribution in [-0.4, -0.2) is 11.9 Å². The lowest BCUT2D eigenvalue weighted by Gasteiger charge is -2.17. The Morgan fingerprint density at radius 2 is 2.11 bits per heavy atom. The molecule has 96 valence electrons. The monoisotopic (exact) mass is 246 g/mol. The van der Waals surface area contributed by atoms with Crippen molar-refractivity contribution in [1.29, 1.82) is 0 Å². The van der Waals surface area contributed by atoms with Crippen molar-refractivity contribution in [1.82, 2.24) is 5.32 Å². The van der Waals surface area contributed by atoms with Crippen LogP contribution in [0.15, 0.2) is 35.4 Å². The quantitative estimate of drug-likeness (QED) is 0.467. The SMILES string of the molecule is CC[C@@H](C)[C@H](N=[N+]=[N-])C(=O)NCc1ccccc1. The van der Waals surface area contributed by atoms with Gasteiger partial charge in [-0.3, -0.25) is 4.79 Å². The molecule has 0 bridgehead atoms.